The lowest BCUT2D eigenvalue weighted by Gasteiger charge is -2.15. The van der Waals surface area contributed by atoms with Crippen molar-refractivity contribution in [2.75, 3.05) is 11.9 Å². The second kappa shape index (κ2) is 9.93. The molecule has 3 aromatic carbocycles. The van der Waals surface area contributed by atoms with Crippen LogP contribution in [-0.2, 0) is 6.61 Å². The number of carbonyl (C=O) groups excluding carboxylic acids is 1. The van der Waals surface area contributed by atoms with Crippen LogP contribution < -0.4 is 14.8 Å². The SMILES string of the molecule is CCOc1c(I)cc(C(=O)Nc2ccc(Br)cc2)cc1OCc1ccccc1. The van der Waals surface area contributed by atoms with Crippen LogP contribution in [0.4, 0.5) is 5.69 Å². The van der Waals surface area contributed by atoms with E-state index in [1.165, 1.54) is 0 Å². The van der Waals surface area contributed by atoms with Gasteiger partial charge in [0, 0.05) is 15.7 Å². The second-order valence-corrected chi connectivity index (χ2v) is 8.03. The van der Waals surface area contributed by atoms with Crippen LogP contribution in [0.15, 0.2) is 71.2 Å². The summed E-state index contributed by atoms with van der Waals surface area (Å²) >= 11 is 5.56. The molecule has 3 rings (SSSR count). The minimum Gasteiger partial charge on any atom is -0.489 e. The molecule has 0 radical (unpaired) electrons. The highest BCUT2D eigenvalue weighted by molar-refractivity contribution is 14.1. The van der Waals surface area contributed by atoms with E-state index in [1.807, 2.05) is 61.5 Å². The first kappa shape index (κ1) is 20.7. The van der Waals surface area contributed by atoms with Gasteiger partial charge in [-0.3, -0.25) is 4.79 Å². The number of amides is 1. The number of ether oxygens (including phenoxy) is 2. The van der Waals surface area contributed by atoms with Crippen LogP contribution in [0.3, 0.4) is 0 Å². The van der Waals surface area contributed by atoms with Crippen LogP contribution in [0.25, 0.3) is 0 Å². The zero-order chi connectivity index (χ0) is 19.9. The minimum absolute atomic E-state index is 0.201. The third-order valence-electron chi connectivity index (χ3n) is 3.90. The van der Waals surface area contributed by atoms with Crippen LogP contribution in [0.2, 0.25) is 0 Å². The molecule has 6 heteroatoms. The van der Waals surface area contributed by atoms with Crippen molar-refractivity contribution in [1.29, 1.82) is 0 Å². The van der Waals surface area contributed by atoms with Gasteiger partial charge in [0.05, 0.1) is 10.2 Å². The van der Waals surface area contributed by atoms with Crippen molar-refractivity contribution in [1.82, 2.24) is 0 Å². The molecule has 28 heavy (non-hydrogen) atoms. The Balaban J connectivity index is 1.83. The average molecular weight is 552 g/mol. The predicted octanol–water partition coefficient (Wildman–Crippen LogP) is 6.28. The largest absolute Gasteiger partial charge is 0.489 e. The summed E-state index contributed by atoms with van der Waals surface area (Å²) < 4.78 is 13.5. The van der Waals surface area contributed by atoms with Gasteiger partial charge in [-0.2, -0.15) is 0 Å². The highest BCUT2D eigenvalue weighted by atomic mass is 127. The van der Waals surface area contributed by atoms with Gasteiger partial charge in [0.1, 0.15) is 6.61 Å². The summed E-state index contributed by atoms with van der Waals surface area (Å²) in [7, 11) is 0. The summed E-state index contributed by atoms with van der Waals surface area (Å²) in [6, 6.07) is 20.9. The molecular weight excluding hydrogens is 533 g/mol. The van der Waals surface area contributed by atoms with Gasteiger partial charge in [0.15, 0.2) is 11.5 Å². The van der Waals surface area contributed by atoms with E-state index in [2.05, 4.69) is 43.8 Å². The molecule has 0 aromatic heterocycles. The Bertz CT molecular complexity index is 946. The molecule has 1 amide bonds. The van der Waals surface area contributed by atoms with Gasteiger partial charge in [-0.05, 0) is 71.5 Å². The first-order valence-electron chi connectivity index (χ1n) is 8.77. The standard InChI is InChI=1S/C22H19BrINO3/c1-2-27-21-19(24)12-16(22(26)25-18-10-8-17(23)9-11-18)13-20(21)28-14-15-6-4-3-5-7-15/h3-13H,2,14H2,1H3,(H,25,26). The van der Waals surface area contributed by atoms with E-state index in [1.54, 1.807) is 12.1 Å². The summed E-state index contributed by atoms with van der Waals surface area (Å²) in [5.74, 6) is 1.01. The molecule has 0 atom stereocenters. The molecule has 0 fully saturated rings. The van der Waals surface area contributed by atoms with Gasteiger partial charge >= 0.3 is 0 Å². The number of rotatable bonds is 7. The molecule has 0 aliphatic heterocycles. The quantitative estimate of drug-likeness (QED) is 0.351. The van der Waals surface area contributed by atoms with Crippen LogP contribution >= 0.6 is 38.5 Å². The van der Waals surface area contributed by atoms with E-state index in [4.69, 9.17) is 9.47 Å². The number of carbonyl (C=O) groups is 1. The fourth-order valence-electron chi connectivity index (χ4n) is 2.56. The van der Waals surface area contributed by atoms with Crippen molar-refractivity contribution < 1.29 is 14.3 Å². The van der Waals surface area contributed by atoms with Gasteiger partial charge in [0.25, 0.3) is 5.91 Å². The molecule has 3 aromatic rings. The first-order valence-corrected chi connectivity index (χ1v) is 10.6. The van der Waals surface area contributed by atoms with Crippen LogP contribution in [0, 0.1) is 3.57 Å². The maximum atomic E-state index is 12.7. The Kier molecular flexibility index (Phi) is 7.33. The third kappa shape index (κ3) is 5.48. The molecular formula is C22H19BrINO3. The molecule has 0 heterocycles. The summed E-state index contributed by atoms with van der Waals surface area (Å²) in [6.45, 7) is 2.84. The van der Waals surface area contributed by atoms with Crippen molar-refractivity contribution in [2.45, 2.75) is 13.5 Å². The molecule has 1 N–H and O–H groups in total. The molecule has 0 aliphatic rings. The Morgan fingerprint density at radius 2 is 1.75 bits per heavy atom. The molecule has 0 bridgehead atoms. The summed E-state index contributed by atoms with van der Waals surface area (Å²) in [5.41, 5.74) is 2.28. The fourth-order valence-corrected chi connectivity index (χ4v) is 3.58. The zero-order valence-corrected chi connectivity index (χ0v) is 19.0. The fraction of sp³-hybridized carbons (Fsp3) is 0.136. The Morgan fingerprint density at radius 1 is 1.04 bits per heavy atom. The van der Waals surface area contributed by atoms with Crippen molar-refractivity contribution in [3.05, 3.63) is 85.9 Å². The second-order valence-electron chi connectivity index (χ2n) is 5.95. The maximum Gasteiger partial charge on any atom is 0.255 e. The van der Waals surface area contributed by atoms with Crippen LogP contribution in [0.5, 0.6) is 11.5 Å². The van der Waals surface area contributed by atoms with Crippen molar-refractivity contribution in [2.24, 2.45) is 0 Å². The van der Waals surface area contributed by atoms with E-state index < -0.39 is 0 Å². The summed E-state index contributed by atoms with van der Waals surface area (Å²) in [5, 5.41) is 2.91. The minimum atomic E-state index is -0.201. The highest BCUT2D eigenvalue weighted by Crippen LogP contribution is 2.35. The Labute approximate surface area is 186 Å². The van der Waals surface area contributed by atoms with E-state index >= 15 is 0 Å². The lowest BCUT2D eigenvalue weighted by molar-refractivity contribution is 0.102. The van der Waals surface area contributed by atoms with Crippen molar-refractivity contribution in [3.8, 4) is 11.5 Å². The monoisotopic (exact) mass is 551 g/mol. The van der Waals surface area contributed by atoms with Crippen molar-refractivity contribution >= 4 is 50.1 Å². The lowest BCUT2D eigenvalue weighted by atomic mass is 10.1. The van der Waals surface area contributed by atoms with Crippen LogP contribution in [-0.4, -0.2) is 12.5 Å². The summed E-state index contributed by atoms with van der Waals surface area (Å²) in [4.78, 5) is 12.7. The molecule has 0 unspecified atom stereocenters. The zero-order valence-electron chi connectivity index (χ0n) is 15.2. The number of hydrogen-bond acceptors (Lipinski definition) is 3. The van der Waals surface area contributed by atoms with Gasteiger partial charge in [0.2, 0.25) is 0 Å². The molecule has 0 aliphatic carbocycles. The molecule has 0 saturated heterocycles. The smallest absolute Gasteiger partial charge is 0.255 e. The van der Waals surface area contributed by atoms with Gasteiger partial charge in [-0.15, -0.1) is 0 Å². The molecule has 0 saturated carbocycles. The highest BCUT2D eigenvalue weighted by Gasteiger charge is 2.16. The Morgan fingerprint density at radius 3 is 2.43 bits per heavy atom. The normalized spacial score (nSPS) is 10.4. The lowest BCUT2D eigenvalue weighted by Crippen LogP contribution is -2.13. The predicted molar refractivity (Wildman–Crippen MR) is 123 cm³/mol. The van der Waals surface area contributed by atoms with Gasteiger partial charge < -0.3 is 14.8 Å². The molecule has 144 valence electrons. The van der Waals surface area contributed by atoms with E-state index in [0.717, 1.165) is 19.3 Å². The van der Waals surface area contributed by atoms with Crippen LogP contribution in [0.1, 0.15) is 22.8 Å². The molecule has 4 nitrogen and oxygen atoms in total. The number of nitrogens with one attached hydrogen (secondary N) is 1. The maximum absolute atomic E-state index is 12.7. The number of hydrogen-bond donors (Lipinski definition) is 1. The number of halogens is 2. The van der Waals surface area contributed by atoms with Gasteiger partial charge in [-0.1, -0.05) is 46.3 Å². The van der Waals surface area contributed by atoms with Crippen molar-refractivity contribution in [3.63, 3.8) is 0 Å². The average Bonchev–Trinajstić information content (AvgIpc) is 2.70. The topological polar surface area (TPSA) is 47.6 Å². The van der Waals surface area contributed by atoms with E-state index in [9.17, 15) is 4.79 Å². The van der Waals surface area contributed by atoms with E-state index in [0.29, 0.717) is 30.3 Å². The molecule has 0 spiro atoms. The summed E-state index contributed by atoms with van der Waals surface area (Å²) in [6.07, 6.45) is 0. The first-order chi connectivity index (χ1) is 13.6. The van der Waals surface area contributed by atoms with E-state index in [-0.39, 0.29) is 5.91 Å². The third-order valence-corrected chi connectivity index (χ3v) is 5.23. The number of anilines is 1. The number of benzene rings is 3. The van der Waals surface area contributed by atoms with Gasteiger partial charge in [-0.25, -0.2) is 0 Å². The Hall–Kier alpha value is -2.06.